The summed E-state index contributed by atoms with van der Waals surface area (Å²) in [5.41, 5.74) is 0.948. The first kappa shape index (κ1) is 16.2. The Morgan fingerprint density at radius 2 is 2.14 bits per heavy atom. The van der Waals surface area contributed by atoms with Crippen molar-refractivity contribution in [3.63, 3.8) is 0 Å². The van der Waals surface area contributed by atoms with Gasteiger partial charge in [0, 0.05) is 30.1 Å². The zero-order valence-corrected chi connectivity index (χ0v) is 13.8. The van der Waals surface area contributed by atoms with Crippen molar-refractivity contribution < 1.29 is 9.90 Å². The van der Waals surface area contributed by atoms with E-state index in [2.05, 4.69) is 0 Å². The van der Waals surface area contributed by atoms with Gasteiger partial charge in [-0.1, -0.05) is 11.3 Å². The fraction of sp³-hybridized carbons (Fsp3) is 0.733. The molecule has 1 fully saturated rings. The topological polar surface area (TPSA) is 62.5 Å². The molecule has 5 nitrogen and oxygen atoms in total. The number of aliphatic hydroxyl groups is 1. The largest absolute Gasteiger partial charge is 0.391 e. The molecular weight excluding hydrogens is 288 g/mol. The third-order valence-corrected chi connectivity index (χ3v) is 5.35. The van der Waals surface area contributed by atoms with E-state index in [1.165, 1.54) is 11.3 Å². The van der Waals surface area contributed by atoms with Gasteiger partial charge in [0.1, 0.15) is 0 Å². The third kappa shape index (κ3) is 3.55. The second-order valence-electron chi connectivity index (χ2n) is 5.80. The van der Waals surface area contributed by atoms with Gasteiger partial charge < -0.3 is 14.6 Å². The minimum atomic E-state index is -0.498. The van der Waals surface area contributed by atoms with Crippen molar-refractivity contribution in [1.82, 2.24) is 9.47 Å². The van der Waals surface area contributed by atoms with Crippen LogP contribution in [0.4, 0.5) is 0 Å². The number of amides is 1. The van der Waals surface area contributed by atoms with Gasteiger partial charge in [-0.05, 0) is 40.0 Å². The molecule has 6 heteroatoms. The highest BCUT2D eigenvalue weighted by Crippen LogP contribution is 2.21. The number of aliphatic hydroxyl groups excluding tert-OH is 1. The first-order chi connectivity index (χ1) is 9.91. The molecule has 0 unspecified atom stereocenters. The molecule has 0 aliphatic carbocycles. The lowest BCUT2D eigenvalue weighted by Crippen LogP contribution is -2.49. The van der Waals surface area contributed by atoms with E-state index in [1.807, 2.05) is 13.8 Å². The number of carbonyl (C=O) groups is 1. The predicted octanol–water partition coefficient (Wildman–Crippen LogP) is 1.68. The summed E-state index contributed by atoms with van der Waals surface area (Å²) in [5.74, 6) is 0.0377. The zero-order valence-electron chi connectivity index (χ0n) is 13.0. The monoisotopic (exact) mass is 312 g/mol. The SMILES string of the molecule is Cc1sc(=O)n(CCC(=O)N2CCCC[C@H]2[C@@H](C)O)c1C. The van der Waals surface area contributed by atoms with Gasteiger partial charge in [0.05, 0.1) is 12.1 Å². The highest BCUT2D eigenvalue weighted by Gasteiger charge is 2.29. The molecule has 2 rings (SSSR count). The van der Waals surface area contributed by atoms with Gasteiger partial charge in [-0.25, -0.2) is 0 Å². The fourth-order valence-electron chi connectivity index (χ4n) is 2.97. The Labute approximate surface area is 129 Å². The lowest BCUT2D eigenvalue weighted by Gasteiger charge is -2.37. The van der Waals surface area contributed by atoms with Crippen LogP contribution < -0.4 is 4.87 Å². The molecule has 1 amide bonds. The second kappa shape index (κ2) is 6.75. The summed E-state index contributed by atoms with van der Waals surface area (Å²) in [6.07, 6.45) is 2.73. The normalized spacial score (nSPS) is 20.6. The van der Waals surface area contributed by atoms with Gasteiger partial charge in [0.15, 0.2) is 0 Å². The predicted molar refractivity (Wildman–Crippen MR) is 83.7 cm³/mol. The molecule has 0 radical (unpaired) electrons. The van der Waals surface area contributed by atoms with E-state index in [-0.39, 0.29) is 16.8 Å². The van der Waals surface area contributed by atoms with Crippen molar-refractivity contribution >= 4 is 17.2 Å². The number of piperidine rings is 1. The Kier molecular flexibility index (Phi) is 5.22. The summed E-state index contributed by atoms with van der Waals surface area (Å²) in [5, 5.41) is 9.83. The molecule has 118 valence electrons. The Balaban J connectivity index is 2.02. The van der Waals surface area contributed by atoms with Gasteiger partial charge in [0.2, 0.25) is 5.91 Å². The molecule has 1 aliphatic rings. The lowest BCUT2D eigenvalue weighted by atomic mass is 9.98. The standard InChI is InChI=1S/C15H24N2O3S/c1-10-12(3)21-15(20)16(10)9-7-14(19)17-8-5-4-6-13(17)11(2)18/h11,13,18H,4-9H2,1-3H3/t11-,13+/m1/s1. The van der Waals surface area contributed by atoms with Crippen LogP contribution in [0.15, 0.2) is 4.79 Å². The van der Waals surface area contributed by atoms with Crippen molar-refractivity contribution in [2.45, 2.75) is 65.1 Å². The minimum absolute atomic E-state index is 0.00326. The van der Waals surface area contributed by atoms with Crippen LogP contribution in [0.1, 0.15) is 43.2 Å². The van der Waals surface area contributed by atoms with Crippen LogP contribution in [-0.2, 0) is 11.3 Å². The summed E-state index contributed by atoms with van der Waals surface area (Å²) < 4.78 is 1.68. The van der Waals surface area contributed by atoms with Gasteiger partial charge in [-0.3, -0.25) is 9.59 Å². The average Bonchev–Trinajstić information content (AvgIpc) is 2.70. The highest BCUT2D eigenvalue weighted by molar-refractivity contribution is 7.09. The number of likely N-dealkylation sites (tertiary alicyclic amines) is 1. The van der Waals surface area contributed by atoms with E-state index >= 15 is 0 Å². The number of thiazole rings is 1. The highest BCUT2D eigenvalue weighted by atomic mass is 32.1. The number of aromatic nitrogens is 1. The summed E-state index contributed by atoms with van der Waals surface area (Å²) >= 11 is 1.23. The number of aryl methyl sites for hydroxylation is 1. The molecule has 2 atom stereocenters. The minimum Gasteiger partial charge on any atom is -0.391 e. The van der Waals surface area contributed by atoms with Crippen molar-refractivity contribution in [2.24, 2.45) is 0 Å². The second-order valence-corrected chi connectivity index (χ2v) is 6.97. The van der Waals surface area contributed by atoms with Crippen LogP contribution in [0.5, 0.6) is 0 Å². The van der Waals surface area contributed by atoms with Crippen LogP contribution in [0, 0.1) is 13.8 Å². The number of carbonyl (C=O) groups excluding carboxylic acids is 1. The van der Waals surface area contributed by atoms with E-state index in [1.54, 1.807) is 16.4 Å². The molecule has 0 bridgehead atoms. The quantitative estimate of drug-likeness (QED) is 0.920. The summed E-state index contributed by atoms with van der Waals surface area (Å²) in [6, 6.07) is -0.0757. The number of rotatable bonds is 4. The molecule has 1 aromatic rings. The molecule has 2 heterocycles. The van der Waals surface area contributed by atoms with Crippen molar-refractivity contribution in [2.75, 3.05) is 6.54 Å². The maximum Gasteiger partial charge on any atom is 0.307 e. The van der Waals surface area contributed by atoms with Crippen LogP contribution >= 0.6 is 11.3 Å². The molecule has 1 N–H and O–H groups in total. The van der Waals surface area contributed by atoms with Crippen LogP contribution in [0.25, 0.3) is 0 Å². The smallest absolute Gasteiger partial charge is 0.307 e. The molecular formula is C15H24N2O3S. The Hall–Kier alpha value is -1.14. The van der Waals surface area contributed by atoms with Crippen molar-refractivity contribution in [3.05, 3.63) is 20.2 Å². The van der Waals surface area contributed by atoms with Crippen LogP contribution in [0.2, 0.25) is 0 Å². The number of hydrogen-bond donors (Lipinski definition) is 1. The first-order valence-electron chi connectivity index (χ1n) is 7.56. The summed E-state index contributed by atoms with van der Waals surface area (Å²) in [4.78, 5) is 27.1. The maximum absolute atomic E-state index is 12.4. The van der Waals surface area contributed by atoms with Gasteiger partial charge in [-0.2, -0.15) is 0 Å². The molecule has 0 saturated carbocycles. The molecule has 1 saturated heterocycles. The van der Waals surface area contributed by atoms with Gasteiger partial charge >= 0.3 is 4.87 Å². The van der Waals surface area contributed by atoms with Crippen molar-refractivity contribution in [3.8, 4) is 0 Å². The zero-order chi connectivity index (χ0) is 15.6. The van der Waals surface area contributed by atoms with E-state index < -0.39 is 6.10 Å². The van der Waals surface area contributed by atoms with Gasteiger partial charge in [0.25, 0.3) is 0 Å². The fourth-order valence-corrected chi connectivity index (χ4v) is 3.82. The summed E-state index contributed by atoms with van der Waals surface area (Å²) in [7, 11) is 0. The van der Waals surface area contributed by atoms with Crippen LogP contribution in [0.3, 0.4) is 0 Å². The Morgan fingerprint density at radius 1 is 1.43 bits per heavy atom. The van der Waals surface area contributed by atoms with E-state index in [4.69, 9.17) is 0 Å². The molecule has 0 spiro atoms. The third-order valence-electron chi connectivity index (χ3n) is 4.35. The van der Waals surface area contributed by atoms with Crippen LogP contribution in [-0.4, -0.2) is 39.2 Å². The van der Waals surface area contributed by atoms with E-state index in [0.717, 1.165) is 29.8 Å². The Morgan fingerprint density at radius 3 is 2.71 bits per heavy atom. The molecule has 1 aromatic heterocycles. The Bertz CT molecular complexity index is 562. The summed E-state index contributed by atoms with van der Waals surface area (Å²) in [6.45, 7) is 6.72. The van der Waals surface area contributed by atoms with E-state index in [0.29, 0.717) is 19.5 Å². The van der Waals surface area contributed by atoms with Crippen molar-refractivity contribution in [1.29, 1.82) is 0 Å². The van der Waals surface area contributed by atoms with Gasteiger partial charge in [-0.15, -0.1) is 0 Å². The number of hydrogen-bond acceptors (Lipinski definition) is 4. The number of nitrogens with zero attached hydrogens (tertiary/aromatic N) is 2. The first-order valence-corrected chi connectivity index (χ1v) is 8.38. The lowest BCUT2D eigenvalue weighted by molar-refractivity contribution is -0.137. The molecule has 21 heavy (non-hydrogen) atoms. The average molecular weight is 312 g/mol. The maximum atomic E-state index is 12.4. The molecule has 0 aromatic carbocycles. The molecule has 1 aliphatic heterocycles. The van der Waals surface area contributed by atoms with E-state index in [9.17, 15) is 14.7 Å².